The second-order valence-electron chi connectivity index (χ2n) is 2.05. The van der Waals surface area contributed by atoms with E-state index in [1.165, 1.54) is 0 Å². The molecule has 0 aliphatic rings. The SMILES string of the molecule is CCC(=O)CCCC[O]. The van der Waals surface area contributed by atoms with Crippen LogP contribution in [0.4, 0.5) is 0 Å². The van der Waals surface area contributed by atoms with Crippen molar-refractivity contribution < 1.29 is 9.90 Å². The molecule has 0 saturated heterocycles. The van der Waals surface area contributed by atoms with E-state index in [9.17, 15) is 9.90 Å². The van der Waals surface area contributed by atoms with Gasteiger partial charge in [0.25, 0.3) is 0 Å². The standard InChI is InChI=1S/C7H13O2/c1-2-7(9)5-3-4-6-8/h2-6H2,1H3. The fourth-order valence-corrected chi connectivity index (χ4v) is 0.601. The Labute approximate surface area is 55.9 Å². The first-order valence-corrected chi connectivity index (χ1v) is 3.41. The Balaban J connectivity index is 2.97. The van der Waals surface area contributed by atoms with Gasteiger partial charge in [-0.05, 0) is 12.8 Å². The molecular formula is C7H13O2. The Kier molecular flexibility index (Phi) is 5.52. The second kappa shape index (κ2) is 5.76. The summed E-state index contributed by atoms with van der Waals surface area (Å²) in [5.41, 5.74) is 0. The van der Waals surface area contributed by atoms with Crippen LogP contribution in [0.15, 0.2) is 0 Å². The van der Waals surface area contributed by atoms with Crippen molar-refractivity contribution >= 4 is 5.78 Å². The van der Waals surface area contributed by atoms with E-state index in [4.69, 9.17) is 0 Å². The summed E-state index contributed by atoms with van der Waals surface area (Å²) in [5.74, 6) is 0.267. The normalized spacial score (nSPS) is 9.56. The van der Waals surface area contributed by atoms with Gasteiger partial charge in [0.05, 0.1) is 6.61 Å². The van der Waals surface area contributed by atoms with Gasteiger partial charge in [0.15, 0.2) is 0 Å². The number of hydrogen-bond acceptors (Lipinski definition) is 1. The molecule has 0 aromatic heterocycles. The van der Waals surface area contributed by atoms with Crippen LogP contribution in [0.5, 0.6) is 0 Å². The number of Topliss-reactive ketones (excluding diaryl/α,β-unsaturated/α-hetero) is 1. The summed E-state index contributed by atoms with van der Waals surface area (Å²) in [6.07, 6.45) is 2.62. The van der Waals surface area contributed by atoms with Crippen molar-refractivity contribution in [2.45, 2.75) is 32.6 Å². The average Bonchev–Trinajstić information content (AvgIpc) is 1.89. The van der Waals surface area contributed by atoms with Gasteiger partial charge in [0.1, 0.15) is 5.78 Å². The first kappa shape index (κ1) is 8.63. The summed E-state index contributed by atoms with van der Waals surface area (Å²) in [4.78, 5) is 10.6. The van der Waals surface area contributed by atoms with E-state index in [1.807, 2.05) is 6.92 Å². The summed E-state index contributed by atoms with van der Waals surface area (Å²) in [7, 11) is 0. The highest BCUT2D eigenvalue weighted by atomic mass is 16.2. The van der Waals surface area contributed by atoms with Crippen LogP contribution < -0.4 is 0 Å². The predicted octanol–water partition coefficient (Wildman–Crippen LogP) is 1.57. The predicted molar refractivity (Wildman–Crippen MR) is 34.7 cm³/mol. The van der Waals surface area contributed by atoms with Crippen LogP contribution in [-0.2, 0) is 9.90 Å². The zero-order chi connectivity index (χ0) is 7.11. The van der Waals surface area contributed by atoms with E-state index in [2.05, 4.69) is 0 Å². The molecule has 0 amide bonds. The highest BCUT2D eigenvalue weighted by molar-refractivity contribution is 5.77. The maximum atomic E-state index is 10.6. The van der Waals surface area contributed by atoms with Gasteiger partial charge >= 0.3 is 0 Å². The Morgan fingerprint density at radius 3 is 2.44 bits per heavy atom. The molecule has 0 aromatic rings. The zero-order valence-electron chi connectivity index (χ0n) is 5.85. The monoisotopic (exact) mass is 129 g/mol. The van der Waals surface area contributed by atoms with E-state index in [0.29, 0.717) is 19.3 Å². The lowest BCUT2D eigenvalue weighted by Gasteiger charge is -1.92. The van der Waals surface area contributed by atoms with E-state index in [0.717, 1.165) is 6.42 Å². The van der Waals surface area contributed by atoms with E-state index >= 15 is 0 Å². The molecule has 2 nitrogen and oxygen atoms in total. The van der Waals surface area contributed by atoms with Gasteiger partial charge in [-0.15, -0.1) is 0 Å². The molecule has 0 saturated carbocycles. The Morgan fingerprint density at radius 1 is 1.33 bits per heavy atom. The molecular weight excluding hydrogens is 116 g/mol. The number of ketones is 1. The molecule has 0 aliphatic heterocycles. The largest absolute Gasteiger partial charge is 0.300 e. The summed E-state index contributed by atoms with van der Waals surface area (Å²) in [6, 6.07) is 0. The molecule has 0 rings (SSSR count). The van der Waals surface area contributed by atoms with Crippen LogP contribution in [0.3, 0.4) is 0 Å². The second-order valence-corrected chi connectivity index (χ2v) is 2.05. The number of carbonyl (C=O) groups excluding carboxylic acids is 1. The van der Waals surface area contributed by atoms with Gasteiger partial charge in [-0.2, -0.15) is 0 Å². The van der Waals surface area contributed by atoms with E-state index in [-0.39, 0.29) is 12.4 Å². The van der Waals surface area contributed by atoms with Crippen molar-refractivity contribution in [2.75, 3.05) is 6.61 Å². The van der Waals surface area contributed by atoms with Gasteiger partial charge in [0.2, 0.25) is 0 Å². The lowest BCUT2D eigenvalue weighted by Crippen LogP contribution is -1.94. The van der Waals surface area contributed by atoms with Gasteiger partial charge in [0, 0.05) is 12.8 Å². The lowest BCUT2D eigenvalue weighted by atomic mass is 10.1. The third-order valence-electron chi connectivity index (χ3n) is 1.24. The number of hydrogen-bond donors (Lipinski definition) is 0. The number of unbranched alkanes of at least 4 members (excludes halogenated alkanes) is 1. The molecule has 0 atom stereocenters. The highest BCUT2D eigenvalue weighted by Crippen LogP contribution is 1.97. The molecule has 2 heteroatoms. The van der Waals surface area contributed by atoms with Crippen molar-refractivity contribution in [3.8, 4) is 0 Å². The molecule has 0 fully saturated rings. The van der Waals surface area contributed by atoms with Crippen molar-refractivity contribution in [1.82, 2.24) is 0 Å². The molecule has 9 heavy (non-hydrogen) atoms. The van der Waals surface area contributed by atoms with Gasteiger partial charge < -0.3 is 0 Å². The smallest absolute Gasteiger partial charge is 0.132 e. The quantitative estimate of drug-likeness (QED) is 0.519. The lowest BCUT2D eigenvalue weighted by molar-refractivity contribution is -0.118. The highest BCUT2D eigenvalue weighted by Gasteiger charge is 1.95. The minimum absolute atomic E-state index is 0.0446. The molecule has 0 heterocycles. The average molecular weight is 129 g/mol. The van der Waals surface area contributed by atoms with E-state index in [1.54, 1.807) is 0 Å². The summed E-state index contributed by atoms with van der Waals surface area (Å²) in [6.45, 7) is 1.80. The van der Waals surface area contributed by atoms with Crippen molar-refractivity contribution in [3.05, 3.63) is 0 Å². The minimum atomic E-state index is -0.0446. The third kappa shape index (κ3) is 5.50. The van der Waals surface area contributed by atoms with Crippen molar-refractivity contribution in [3.63, 3.8) is 0 Å². The van der Waals surface area contributed by atoms with Crippen LogP contribution in [0.25, 0.3) is 0 Å². The number of rotatable bonds is 5. The minimum Gasteiger partial charge on any atom is -0.300 e. The van der Waals surface area contributed by atoms with Crippen molar-refractivity contribution in [2.24, 2.45) is 0 Å². The molecule has 0 spiro atoms. The zero-order valence-corrected chi connectivity index (χ0v) is 5.85. The van der Waals surface area contributed by atoms with Crippen LogP contribution in [0.1, 0.15) is 32.6 Å². The summed E-state index contributed by atoms with van der Waals surface area (Å²) in [5, 5.41) is 9.89. The van der Waals surface area contributed by atoms with E-state index < -0.39 is 0 Å². The molecule has 0 N–H and O–H groups in total. The first-order chi connectivity index (χ1) is 4.31. The van der Waals surface area contributed by atoms with Crippen molar-refractivity contribution in [1.29, 1.82) is 0 Å². The van der Waals surface area contributed by atoms with Crippen LogP contribution >= 0.6 is 0 Å². The molecule has 0 bridgehead atoms. The fraction of sp³-hybridized carbons (Fsp3) is 0.857. The Hall–Kier alpha value is -0.370. The molecule has 53 valence electrons. The molecule has 1 radical (unpaired) electrons. The Bertz CT molecular complexity index is 79.0. The molecule has 0 aliphatic carbocycles. The van der Waals surface area contributed by atoms with Gasteiger partial charge in [-0.25, -0.2) is 5.11 Å². The summed E-state index contributed by atoms with van der Waals surface area (Å²) >= 11 is 0. The van der Waals surface area contributed by atoms with Gasteiger partial charge in [-0.3, -0.25) is 4.79 Å². The van der Waals surface area contributed by atoms with Crippen LogP contribution in [0.2, 0.25) is 0 Å². The first-order valence-electron chi connectivity index (χ1n) is 3.41. The topological polar surface area (TPSA) is 37.0 Å². The fourth-order valence-electron chi connectivity index (χ4n) is 0.601. The van der Waals surface area contributed by atoms with Gasteiger partial charge in [-0.1, -0.05) is 6.92 Å². The van der Waals surface area contributed by atoms with Crippen LogP contribution in [0, 0.1) is 0 Å². The van der Waals surface area contributed by atoms with Crippen LogP contribution in [-0.4, -0.2) is 12.4 Å². The third-order valence-corrected chi connectivity index (χ3v) is 1.24. The summed E-state index contributed by atoms with van der Waals surface area (Å²) < 4.78 is 0. The Morgan fingerprint density at radius 2 is 2.00 bits per heavy atom. The maximum absolute atomic E-state index is 10.6. The molecule has 0 aromatic carbocycles. The maximum Gasteiger partial charge on any atom is 0.132 e. The molecule has 0 unspecified atom stereocenters. The number of carbonyl (C=O) groups is 1.